The molecule has 3 atom stereocenters. The van der Waals surface area contributed by atoms with Crippen LogP contribution in [-0.2, 0) is 4.79 Å². The third kappa shape index (κ3) is 5.74. The van der Waals surface area contributed by atoms with Crippen molar-refractivity contribution in [2.75, 3.05) is 26.8 Å². The second-order valence-electron chi connectivity index (χ2n) is 7.50. The molecule has 0 bridgehead atoms. The van der Waals surface area contributed by atoms with Gasteiger partial charge in [0.1, 0.15) is 11.5 Å². The molecule has 3 rings (SSSR count). The first kappa shape index (κ1) is 21.8. The summed E-state index contributed by atoms with van der Waals surface area (Å²) in [5.41, 5.74) is 5.84. The summed E-state index contributed by atoms with van der Waals surface area (Å²) in [6.45, 7) is 2.22. The second-order valence-corrected chi connectivity index (χ2v) is 7.50. The van der Waals surface area contributed by atoms with Crippen LogP contribution in [0.15, 0.2) is 24.3 Å². The summed E-state index contributed by atoms with van der Waals surface area (Å²) in [5.74, 6) is 2.24. The van der Waals surface area contributed by atoms with Gasteiger partial charge in [0, 0.05) is 25.0 Å². The standard InChI is InChI=1S/C20H30N2O4.ClH/c1-25-16-3-5-17(6-4-16)26-13-14-8-10-22(11-9-14)20(24)15-2-7-18(21)19(23)12-15;/h3-6,14-15,18-19,23H,2,7-13,21H2,1H3;1H/t15-,18+,19+;/m0./s1. The quantitative estimate of drug-likeness (QED) is 0.794. The minimum Gasteiger partial charge on any atom is -0.497 e. The number of rotatable bonds is 5. The zero-order valence-corrected chi connectivity index (χ0v) is 16.7. The summed E-state index contributed by atoms with van der Waals surface area (Å²) in [6.07, 6.45) is 3.38. The molecule has 2 aliphatic rings. The minimum atomic E-state index is -0.548. The Balaban J connectivity index is 0.00000261. The molecule has 7 heteroatoms. The van der Waals surface area contributed by atoms with E-state index in [0.717, 1.165) is 50.3 Å². The third-order valence-electron chi connectivity index (χ3n) is 5.69. The van der Waals surface area contributed by atoms with Gasteiger partial charge in [-0.05, 0) is 62.3 Å². The summed E-state index contributed by atoms with van der Waals surface area (Å²) in [5, 5.41) is 9.93. The van der Waals surface area contributed by atoms with Gasteiger partial charge >= 0.3 is 0 Å². The fourth-order valence-electron chi connectivity index (χ4n) is 3.86. The fourth-order valence-corrected chi connectivity index (χ4v) is 3.86. The topological polar surface area (TPSA) is 85.0 Å². The lowest BCUT2D eigenvalue weighted by Gasteiger charge is -2.37. The smallest absolute Gasteiger partial charge is 0.225 e. The molecule has 1 saturated carbocycles. The Kier molecular flexibility index (Phi) is 8.20. The maximum atomic E-state index is 12.7. The molecular weight excluding hydrogens is 368 g/mol. The molecule has 0 aromatic heterocycles. The van der Waals surface area contributed by atoms with Crippen molar-refractivity contribution in [3.63, 3.8) is 0 Å². The molecule has 3 N–H and O–H groups in total. The highest BCUT2D eigenvalue weighted by Gasteiger charge is 2.34. The van der Waals surface area contributed by atoms with E-state index in [1.807, 2.05) is 29.2 Å². The molecule has 0 unspecified atom stereocenters. The molecule has 0 spiro atoms. The predicted octanol–water partition coefficient (Wildman–Crippen LogP) is 2.22. The number of ether oxygens (including phenoxy) is 2. The molecule has 6 nitrogen and oxygen atoms in total. The van der Waals surface area contributed by atoms with Crippen LogP contribution in [0.25, 0.3) is 0 Å². The summed E-state index contributed by atoms with van der Waals surface area (Å²) < 4.78 is 11.0. The summed E-state index contributed by atoms with van der Waals surface area (Å²) in [6, 6.07) is 7.43. The van der Waals surface area contributed by atoms with E-state index in [4.69, 9.17) is 15.2 Å². The molecule has 1 amide bonds. The number of nitrogens with zero attached hydrogens (tertiary/aromatic N) is 1. The molecule has 1 aromatic rings. The van der Waals surface area contributed by atoms with Gasteiger partial charge in [-0.15, -0.1) is 12.4 Å². The number of nitrogens with two attached hydrogens (primary N) is 1. The SMILES string of the molecule is COc1ccc(OCC2CCN(C(=O)[C@H]3CC[C@@H](N)[C@H](O)C3)CC2)cc1.Cl. The van der Waals surface area contributed by atoms with Gasteiger partial charge in [0.25, 0.3) is 0 Å². The van der Waals surface area contributed by atoms with Crippen LogP contribution in [0.3, 0.4) is 0 Å². The number of aliphatic hydroxyl groups excluding tert-OH is 1. The molecule has 0 radical (unpaired) electrons. The molecule has 1 saturated heterocycles. The van der Waals surface area contributed by atoms with Crippen LogP contribution in [0.5, 0.6) is 11.5 Å². The average molecular weight is 399 g/mol. The minimum absolute atomic E-state index is 0. The summed E-state index contributed by atoms with van der Waals surface area (Å²) >= 11 is 0. The fraction of sp³-hybridized carbons (Fsp3) is 0.650. The average Bonchev–Trinajstić information content (AvgIpc) is 2.69. The Bertz CT molecular complexity index is 590. The Morgan fingerprint density at radius 2 is 1.78 bits per heavy atom. The van der Waals surface area contributed by atoms with Crippen LogP contribution < -0.4 is 15.2 Å². The van der Waals surface area contributed by atoms with E-state index >= 15 is 0 Å². The number of carbonyl (C=O) groups excluding carboxylic acids is 1. The zero-order chi connectivity index (χ0) is 18.5. The second kappa shape index (κ2) is 10.2. The maximum absolute atomic E-state index is 12.7. The number of amides is 1. The number of methoxy groups -OCH3 is 1. The number of carbonyl (C=O) groups is 1. The molecule has 1 aromatic carbocycles. The predicted molar refractivity (Wildman–Crippen MR) is 106 cm³/mol. The Morgan fingerprint density at radius 3 is 2.37 bits per heavy atom. The van der Waals surface area contributed by atoms with Gasteiger partial charge in [-0.1, -0.05) is 0 Å². The van der Waals surface area contributed by atoms with E-state index in [1.165, 1.54) is 0 Å². The summed E-state index contributed by atoms with van der Waals surface area (Å²) in [4.78, 5) is 14.6. The zero-order valence-electron chi connectivity index (χ0n) is 15.9. The van der Waals surface area contributed by atoms with Crippen molar-refractivity contribution in [2.24, 2.45) is 17.6 Å². The van der Waals surface area contributed by atoms with Crippen LogP contribution in [0.1, 0.15) is 32.1 Å². The normalized spacial score (nSPS) is 26.2. The van der Waals surface area contributed by atoms with E-state index in [2.05, 4.69) is 0 Å². The van der Waals surface area contributed by atoms with Gasteiger partial charge in [-0.2, -0.15) is 0 Å². The maximum Gasteiger partial charge on any atom is 0.225 e. The Labute approximate surface area is 167 Å². The van der Waals surface area contributed by atoms with Crippen LogP contribution >= 0.6 is 12.4 Å². The molecule has 1 heterocycles. The number of hydrogen-bond acceptors (Lipinski definition) is 5. The van der Waals surface area contributed by atoms with Crippen molar-refractivity contribution >= 4 is 18.3 Å². The number of hydrogen-bond donors (Lipinski definition) is 2. The first-order valence-electron chi connectivity index (χ1n) is 9.56. The molecular formula is C20H31ClN2O4. The molecule has 1 aliphatic heterocycles. The summed E-state index contributed by atoms with van der Waals surface area (Å²) in [7, 11) is 1.65. The van der Waals surface area contributed by atoms with Crippen molar-refractivity contribution in [1.82, 2.24) is 4.90 Å². The largest absolute Gasteiger partial charge is 0.497 e. The number of piperidine rings is 1. The lowest BCUT2D eigenvalue weighted by molar-refractivity contribution is -0.139. The Hall–Kier alpha value is -1.50. The lowest BCUT2D eigenvalue weighted by Crippen LogP contribution is -2.47. The third-order valence-corrected chi connectivity index (χ3v) is 5.69. The lowest BCUT2D eigenvalue weighted by atomic mass is 9.83. The monoisotopic (exact) mass is 398 g/mol. The van der Waals surface area contributed by atoms with Crippen LogP contribution in [-0.4, -0.2) is 54.9 Å². The molecule has 152 valence electrons. The highest BCUT2D eigenvalue weighted by Crippen LogP contribution is 2.28. The molecule has 2 fully saturated rings. The van der Waals surface area contributed by atoms with Crippen molar-refractivity contribution in [3.8, 4) is 11.5 Å². The van der Waals surface area contributed by atoms with Gasteiger partial charge in [0.05, 0.1) is 19.8 Å². The highest BCUT2D eigenvalue weighted by atomic mass is 35.5. The van der Waals surface area contributed by atoms with Crippen LogP contribution in [0, 0.1) is 11.8 Å². The van der Waals surface area contributed by atoms with Crippen molar-refractivity contribution < 1.29 is 19.4 Å². The first-order chi connectivity index (χ1) is 12.6. The van der Waals surface area contributed by atoms with Gasteiger partial charge in [0.2, 0.25) is 5.91 Å². The van der Waals surface area contributed by atoms with Crippen molar-refractivity contribution in [3.05, 3.63) is 24.3 Å². The van der Waals surface area contributed by atoms with E-state index in [0.29, 0.717) is 18.9 Å². The van der Waals surface area contributed by atoms with Gasteiger partial charge in [0.15, 0.2) is 0 Å². The van der Waals surface area contributed by atoms with Crippen LogP contribution in [0.2, 0.25) is 0 Å². The number of aliphatic hydroxyl groups is 1. The van der Waals surface area contributed by atoms with E-state index < -0.39 is 6.10 Å². The van der Waals surface area contributed by atoms with E-state index in [1.54, 1.807) is 7.11 Å². The van der Waals surface area contributed by atoms with Crippen LogP contribution in [0.4, 0.5) is 0 Å². The van der Waals surface area contributed by atoms with Gasteiger partial charge < -0.3 is 25.2 Å². The first-order valence-corrected chi connectivity index (χ1v) is 9.56. The van der Waals surface area contributed by atoms with Gasteiger partial charge in [-0.3, -0.25) is 4.79 Å². The molecule has 1 aliphatic carbocycles. The number of halogens is 1. The molecule has 27 heavy (non-hydrogen) atoms. The van der Waals surface area contributed by atoms with Gasteiger partial charge in [-0.25, -0.2) is 0 Å². The van der Waals surface area contributed by atoms with E-state index in [9.17, 15) is 9.90 Å². The van der Waals surface area contributed by atoms with E-state index in [-0.39, 0.29) is 30.3 Å². The number of benzene rings is 1. The van der Waals surface area contributed by atoms with Crippen molar-refractivity contribution in [2.45, 2.75) is 44.2 Å². The highest BCUT2D eigenvalue weighted by molar-refractivity contribution is 5.85. The van der Waals surface area contributed by atoms with Crippen molar-refractivity contribution in [1.29, 1.82) is 0 Å². The Morgan fingerprint density at radius 1 is 1.15 bits per heavy atom. The number of likely N-dealkylation sites (tertiary alicyclic amines) is 1.